The van der Waals surface area contributed by atoms with Crippen LogP contribution in [0.4, 0.5) is 0 Å². The molecule has 0 amide bonds. The number of thioether (sulfide) groups is 1. The highest BCUT2D eigenvalue weighted by Crippen LogP contribution is 2.30. The maximum Gasteiger partial charge on any atom is 0.190 e. The Morgan fingerprint density at radius 2 is 2.18 bits per heavy atom. The van der Waals surface area contributed by atoms with Crippen molar-refractivity contribution in [1.82, 2.24) is 9.97 Å². The molecule has 0 saturated carbocycles. The molecular weight excluding hydrogens is 272 g/mol. The predicted octanol–water partition coefficient (Wildman–Crippen LogP) is 4.94. The highest BCUT2D eigenvalue weighted by atomic mass is 35.5. The molecule has 0 atom stereocenters. The first-order chi connectivity index (χ1) is 8.20. The van der Waals surface area contributed by atoms with Gasteiger partial charge in [0.05, 0.1) is 0 Å². The molecule has 2 aromatic heterocycles. The number of hydrogen-bond donors (Lipinski definition) is 0. The van der Waals surface area contributed by atoms with Gasteiger partial charge in [-0.15, -0.1) is 11.3 Å². The Morgan fingerprint density at radius 3 is 2.94 bits per heavy atom. The number of halogens is 1. The van der Waals surface area contributed by atoms with Crippen molar-refractivity contribution in [1.29, 1.82) is 0 Å². The van der Waals surface area contributed by atoms with E-state index >= 15 is 0 Å². The predicted molar refractivity (Wildman–Crippen MR) is 77.4 cm³/mol. The molecule has 2 nitrogen and oxygen atoms in total. The summed E-state index contributed by atoms with van der Waals surface area (Å²) in [5.74, 6) is 1.07. The molecule has 0 spiro atoms. The summed E-state index contributed by atoms with van der Waals surface area (Å²) in [5.41, 5.74) is 0. The van der Waals surface area contributed by atoms with Crippen LogP contribution < -0.4 is 0 Å². The molecule has 2 rings (SSSR count). The first-order valence-corrected chi connectivity index (χ1v) is 7.95. The van der Waals surface area contributed by atoms with Gasteiger partial charge in [-0.3, -0.25) is 0 Å². The maximum atomic E-state index is 6.16. The summed E-state index contributed by atoms with van der Waals surface area (Å²) in [6.45, 7) is 4.27. The largest absolute Gasteiger partial charge is 0.211 e. The minimum Gasteiger partial charge on any atom is -0.211 e. The summed E-state index contributed by atoms with van der Waals surface area (Å²) < 4.78 is 0. The van der Waals surface area contributed by atoms with Crippen molar-refractivity contribution < 1.29 is 0 Å². The molecule has 0 fully saturated rings. The molecule has 5 heteroatoms. The van der Waals surface area contributed by atoms with E-state index in [0.717, 1.165) is 21.1 Å². The summed E-state index contributed by atoms with van der Waals surface area (Å²) in [5, 5.41) is 2.37. The topological polar surface area (TPSA) is 25.8 Å². The van der Waals surface area contributed by atoms with Gasteiger partial charge in [0.15, 0.2) is 5.16 Å². The smallest absolute Gasteiger partial charge is 0.190 e. The van der Waals surface area contributed by atoms with Gasteiger partial charge < -0.3 is 0 Å². The first-order valence-electron chi connectivity index (χ1n) is 5.77. The number of aryl methyl sites for hydroxylation is 1. The fourth-order valence-corrected chi connectivity index (χ4v) is 3.68. The van der Waals surface area contributed by atoms with Crippen molar-refractivity contribution in [2.45, 2.75) is 38.3 Å². The van der Waals surface area contributed by atoms with Gasteiger partial charge in [0.25, 0.3) is 0 Å². The minimum absolute atomic E-state index is 0.581. The molecule has 2 aromatic rings. The molecule has 0 aromatic carbocycles. The third-order valence-corrected chi connectivity index (χ3v) is 4.59. The van der Waals surface area contributed by atoms with Gasteiger partial charge in [0.1, 0.15) is 9.98 Å². The number of thiophene rings is 1. The van der Waals surface area contributed by atoms with Gasteiger partial charge in [-0.1, -0.05) is 43.1 Å². The van der Waals surface area contributed by atoms with Crippen LogP contribution in [0.5, 0.6) is 0 Å². The summed E-state index contributed by atoms with van der Waals surface area (Å²) in [6.07, 6.45) is 3.72. The van der Waals surface area contributed by atoms with Crippen molar-refractivity contribution in [3.05, 3.63) is 16.1 Å². The lowest BCUT2D eigenvalue weighted by Crippen LogP contribution is -1.89. The molecule has 0 radical (unpaired) electrons. The second kappa shape index (κ2) is 6.03. The summed E-state index contributed by atoms with van der Waals surface area (Å²) >= 11 is 9.53. The molecule has 0 aliphatic heterocycles. The molecule has 0 aliphatic rings. The molecule has 17 heavy (non-hydrogen) atoms. The number of unbranched alkanes of at least 4 members (excludes halogenated alkanes) is 2. The van der Waals surface area contributed by atoms with E-state index in [4.69, 9.17) is 11.6 Å². The van der Waals surface area contributed by atoms with Crippen molar-refractivity contribution in [3.63, 3.8) is 0 Å². The molecule has 0 N–H and O–H groups in total. The molecule has 92 valence electrons. The van der Waals surface area contributed by atoms with Crippen molar-refractivity contribution in [3.8, 4) is 0 Å². The Labute approximate surface area is 115 Å². The SMILES string of the molecule is CCCCCSc1nc(Cl)c2cc(C)sc2n1. The number of aromatic nitrogens is 2. The maximum absolute atomic E-state index is 6.16. The van der Waals surface area contributed by atoms with E-state index in [1.807, 2.05) is 6.07 Å². The van der Waals surface area contributed by atoms with E-state index in [1.165, 1.54) is 24.1 Å². The Morgan fingerprint density at radius 1 is 1.35 bits per heavy atom. The monoisotopic (exact) mass is 286 g/mol. The van der Waals surface area contributed by atoms with Crippen LogP contribution in [-0.4, -0.2) is 15.7 Å². The van der Waals surface area contributed by atoms with E-state index in [2.05, 4.69) is 23.8 Å². The van der Waals surface area contributed by atoms with Gasteiger partial charge in [0, 0.05) is 16.0 Å². The van der Waals surface area contributed by atoms with Crippen LogP contribution >= 0.6 is 34.7 Å². The Bertz CT molecular complexity index is 510. The molecule has 2 heterocycles. The lowest BCUT2D eigenvalue weighted by atomic mass is 10.3. The third-order valence-electron chi connectivity index (χ3n) is 2.43. The Hall–Kier alpha value is -0.320. The van der Waals surface area contributed by atoms with Crippen LogP contribution in [0.15, 0.2) is 11.2 Å². The highest BCUT2D eigenvalue weighted by Gasteiger charge is 2.08. The summed E-state index contributed by atoms with van der Waals surface area (Å²) in [4.78, 5) is 11.1. The lowest BCUT2D eigenvalue weighted by Gasteiger charge is -2.00. The zero-order valence-corrected chi connectivity index (χ0v) is 12.4. The fourth-order valence-electron chi connectivity index (χ4n) is 1.57. The van der Waals surface area contributed by atoms with Crippen LogP contribution in [0.2, 0.25) is 5.15 Å². The van der Waals surface area contributed by atoms with Crippen LogP contribution in [-0.2, 0) is 0 Å². The van der Waals surface area contributed by atoms with Gasteiger partial charge in [-0.05, 0) is 19.4 Å². The van der Waals surface area contributed by atoms with Gasteiger partial charge in [-0.25, -0.2) is 9.97 Å². The van der Waals surface area contributed by atoms with E-state index < -0.39 is 0 Å². The van der Waals surface area contributed by atoms with Crippen LogP contribution in [0, 0.1) is 6.92 Å². The normalized spacial score (nSPS) is 11.2. The third kappa shape index (κ3) is 3.33. The van der Waals surface area contributed by atoms with E-state index in [9.17, 15) is 0 Å². The zero-order valence-electron chi connectivity index (χ0n) is 9.99. The average Bonchev–Trinajstić information content (AvgIpc) is 2.66. The zero-order chi connectivity index (χ0) is 12.3. The van der Waals surface area contributed by atoms with E-state index in [-0.39, 0.29) is 0 Å². The number of nitrogens with zero attached hydrogens (tertiary/aromatic N) is 2. The van der Waals surface area contributed by atoms with Crippen LogP contribution in [0.25, 0.3) is 10.2 Å². The highest BCUT2D eigenvalue weighted by molar-refractivity contribution is 7.99. The lowest BCUT2D eigenvalue weighted by molar-refractivity contribution is 0.777. The standard InChI is InChI=1S/C12H15ClN2S2/c1-3-4-5-6-16-12-14-10(13)9-7-8(2)17-11(9)15-12/h7H,3-6H2,1-2H3. The van der Waals surface area contributed by atoms with E-state index in [1.54, 1.807) is 23.1 Å². The van der Waals surface area contributed by atoms with Gasteiger partial charge in [0.2, 0.25) is 0 Å². The first kappa shape index (κ1) is 13.1. The number of rotatable bonds is 5. The van der Waals surface area contributed by atoms with Gasteiger partial charge in [-0.2, -0.15) is 0 Å². The van der Waals surface area contributed by atoms with Crippen molar-refractivity contribution >= 4 is 44.9 Å². The van der Waals surface area contributed by atoms with Crippen molar-refractivity contribution in [2.24, 2.45) is 0 Å². The Kier molecular flexibility index (Phi) is 4.65. The molecular formula is C12H15ClN2S2. The fraction of sp³-hybridized carbons (Fsp3) is 0.500. The van der Waals surface area contributed by atoms with E-state index in [0.29, 0.717) is 5.15 Å². The second-order valence-electron chi connectivity index (χ2n) is 3.93. The minimum atomic E-state index is 0.581. The van der Waals surface area contributed by atoms with Crippen molar-refractivity contribution in [2.75, 3.05) is 5.75 Å². The summed E-state index contributed by atoms with van der Waals surface area (Å²) in [7, 11) is 0. The van der Waals surface area contributed by atoms with Gasteiger partial charge >= 0.3 is 0 Å². The Balaban J connectivity index is 2.13. The van der Waals surface area contributed by atoms with Crippen LogP contribution in [0.3, 0.4) is 0 Å². The molecule has 0 saturated heterocycles. The molecule has 0 bridgehead atoms. The second-order valence-corrected chi connectivity index (χ2v) is 6.58. The molecule has 0 aliphatic carbocycles. The number of fused-ring (bicyclic) bond motifs is 1. The molecule has 0 unspecified atom stereocenters. The quantitative estimate of drug-likeness (QED) is 0.337. The summed E-state index contributed by atoms with van der Waals surface area (Å²) in [6, 6.07) is 2.05. The average molecular weight is 287 g/mol. The number of hydrogen-bond acceptors (Lipinski definition) is 4. The van der Waals surface area contributed by atoms with Crippen LogP contribution in [0.1, 0.15) is 31.1 Å².